The molecule has 0 aliphatic heterocycles. The molecule has 0 amide bonds. The van der Waals surface area contributed by atoms with Gasteiger partial charge in [-0.3, -0.25) is 4.98 Å². The lowest BCUT2D eigenvalue weighted by Gasteiger charge is -1.76. The van der Waals surface area contributed by atoms with E-state index in [9.17, 15) is 4.79 Å². The van der Waals surface area contributed by atoms with Gasteiger partial charge in [-0.25, -0.2) is 9.89 Å². The van der Waals surface area contributed by atoms with Crippen LogP contribution in [-0.4, -0.2) is 15.2 Å². The number of aryl methyl sites for hydroxylation is 1. The zero-order valence-corrected chi connectivity index (χ0v) is 6.56. The summed E-state index contributed by atoms with van der Waals surface area (Å²) in [5.41, 5.74) is -0.234. The normalized spacial score (nSPS) is 8.30. The molecule has 0 saturated carbocycles. The van der Waals surface area contributed by atoms with E-state index in [1.54, 1.807) is 0 Å². The van der Waals surface area contributed by atoms with Crippen molar-refractivity contribution in [3.8, 4) is 0 Å². The minimum absolute atomic E-state index is 0.234. The topological polar surface area (TPSA) is 61.5 Å². The zero-order chi connectivity index (χ0) is 7.98. The van der Waals surface area contributed by atoms with Gasteiger partial charge in [-0.05, 0) is 0 Å². The van der Waals surface area contributed by atoms with Crippen LogP contribution in [0.4, 0.5) is 0 Å². The van der Waals surface area contributed by atoms with E-state index >= 15 is 0 Å². The van der Waals surface area contributed by atoms with Crippen LogP contribution in [0.3, 0.4) is 0 Å². The molecule has 0 aromatic carbocycles. The van der Waals surface area contributed by atoms with Crippen molar-refractivity contribution in [2.24, 2.45) is 0 Å². The van der Waals surface area contributed by atoms with E-state index in [-0.39, 0.29) is 5.69 Å². The third-order valence-electron chi connectivity index (χ3n) is 0.885. The number of hydrogen-bond acceptors (Lipinski definition) is 2. The monoisotopic (exact) mass is 143 g/mol. The molecule has 4 nitrogen and oxygen atoms in total. The van der Waals surface area contributed by atoms with Crippen molar-refractivity contribution in [1.29, 1.82) is 0 Å². The molecule has 0 aliphatic carbocycles. The summed E-state index contributed by atoms with van der Waals surface area (Å²) in [5, 5.41) is 5.90. The molecular formula is C6H13N3O. The van der Waals surface area contributed by atoms with Gasteiger partial charge in [0, 0.05) is 6.42 Å². The van der Waals surface area contributed by atoms with E-state index < -0.39 is 0 Å². The number of aromatic nitrogens is 3. The summed E-state index contributed by atoms with van der Waals surface area (Å²) in [6.45, 7) is 5.92. The summed E-state index contributed by atoms with van der Waals surface area (Å²) < 4.78 is 0. The first-order valence-corrected chi connectivity index (χ1v) is 3.46. The van der Waals surface area contributed by atoms with E-state index in [2.05, 4.69) is 15.2 Å². The first-order chi connectivity index (χ1) is 4.83. The molecule has 1 aromatic rings. The first kappa shape index (κ1) is 8.94. The van der Waals surface area contributed by atoms with Gasteiger partial charge in [0.2, 0.25) is 0 Å². The van der Waals surface area contributed by atoms with Crippen molar-refractivity contribution >= 4 is 0 Å². The van der Waals surface area contributed by atoms with Crippen LogP contribution in [0.15, 0.2) is 4.79 Å². The molecule has 0 bridgehead atoms. The zero-order valence-electron chi connectivity index (χ0n) is 6.56. The molecule has 0 aliphatic rings. The van der Waals surface area contributed by atoms with Gasteiger partial charge >= 0.3 is 5.69 Å². The molecule has 0 atom stereocenters. The number of H-pyrrole nitrogens is 2. The van der Waals surface area contributed by atoms with Crippen molar-refractivity contribution in [1.82, 2.24) is 15.2 Å². The summed E-state index contributed by atoms with van der Waals surface area (Å²) in [4.78, 5) is 12.8. The van der Waals surface area contributed by atoms with Crippen molar-refractivity contribution in [3.05, 3.63) is 16.3 Å². The summed E-state index contributed by atoms with van der Waals surface area (Å²) in [7, 11) is 0. The van der Waals surface area contributed by atoms with E-state index in [1.165, 1.54) is 0 Å². The Hall–Kier alpha value is -1.06. The Kier molecular flexibility index (Phi) is 4.28. The fraction of sp³-hybridized carbons (Fsp3) is 0.667. The van der Waals surface area contributed by atoms with Gasteiger partial charge in [-0.2, -0.15) is 5.10 Å². The minimum atomic E-state index is -0.234. The maximum absolute atomic E-state index is 10.3. The summed E-state index contributed by atoms with van der Waals surface area (Å²) >= 11 is 0. The number of nitrogens with zero attached hydrogens (tertiary/aromatic N) is 1. The van der Waals surface area contributed by atoms with E-state index in [0.29, 0.717) is 5.82 Å². The van der Waals surface area contributed by atoms with Gasteiger partial charge in [0.05, 0.1) is 0 Å². The second kappa shape index (κ2) is 4.78. The van der Waals surface area contributed by atoms with Gasteiger partial charge < -0.3 is 0 Å². The molecule has 4 heteroatoms. The van der Waals surface area contributed by atoms with Gasteiger partial charge in [-0.1, -0.05) is 20.8 Å². The number of aromatic amines is 2. The quantitative estimate of drug-likeness (QED) is 0.607. The summed E-state index contributed by atoms with van der Waals surface area (Å²) in [6.07, 6.45) is 0.763. The number of rotatable bonds is 1. The van der Waals surface area contributed by atoms with Crippen LogP contribution in [-0.2, 0) is 6.42 Å². The number of nitrogens with one attached hydrogen (secondary N) is 2. The fourth-order valence-electron chi connectivity index (χ4n) is 0.473. The van der Waals surface area contributed by atoms with Crippen molar-refractivity contribution in [2.45, 2.75) is 27.2 Å². The van der Waals surface area contributed by atoms with E-state index in [0.717, 1.165) is 6.42 Å². The fourth-order valence-corrected chi connectivity index (χ4v) is 0.473. The highest BCUT2D eigenvalue weighted by atomic mass is 16.1. The molecule has 0 radical (unpaired) electrons. The Bertz CT molecular complexity index is 213. The van der Waals surface area contributed by atoms with Crippen LogP contribution in [0.25, 0.3) is 0 Å². The lowest BCUT2D eigenvalue weighted by atomic mass is 10.5. The minimum Gasteiger partial charge on any atom is -0.293 e. The second-order valence-corrected chi connectivity index (χ2v) is 1.48. The van der Waals surface area contributed by atoms with Crippen LogP contribution in [0.5, 0.6) is 0 Å². The molecule has 0 saturated heterocycles. The Labute approximate surface area is 59.7 Å². The van der Waals surface area contributed by atoms with Gasteiger partial charge in [-0.15, -0.1) is 0 Å². The van der Waals surface area contributed by atoms with Crippen LogP contribution in [0.2, 0.25) is 0 Å². The highest BCUT2D eigenvalue weighted by Gasteiger charge is 1.89. The average molecular weight is 143 g/mol. The Morgan fingerprint density at radius 3 is 2.30 bits per heavy atom. The molecule has 0 fully saturated rings. The van der Waals surface area contributed by atoms with Crippen LogP contribution in [0, 0.1) is 0 Å². The molecule has 10 heavy (non-hydrogen) atoms. The predicted molar refractivity (Wildman–Crippen MR) is 39.9 cm³/mol. The summed E-state index contributed by atoms with van der Waals surface area (Å²) in [6, 6.07) is 0. The van der Waals surface area contributed by atoms with Crippen molar-refractivity contribution < 1.29 is 0 Å². The SMILES string of the molecule is CC.CCc1n[nH]c(=O)[nH]1. The predicted octanol–water partition coefficient (Wildman–Crippen LogP) is 0.687. The third kappa shape index (κ3) is 2.48. The van der Waals surface area contributed by atoms with Gasteiger partial charge in [0.25, 0.3) is 0 Å². The standard InChI is InChI=1S/C4H7N3O.C2H6/c1-2-3-5-4(8)7-6-3;1-2/h2H2,1H3,(H2,5,6,7,8);1-2H3. The highest BCUT2D eigenvalue weighted by molar-refractivity contribution is 4.77. The lowest BCUT2D eigenvalue weighted by Crippen LogP contribution is -2.00. The van der Waals surface area contributed by atoms with Crippen molar-refractivity contribution in [3.63, 3.8) is 0 Å². The molecule has 1 heterocycles. The van der Waals surface area contributed by atoms with E-state index in [4.69, 9.17) is 0 Å². The second-order valence-electron chi connectivity index (χ2n) is 1.48. The summed E-state index contributed by atoms with van der Waals surface area (Å²) in [5.74, 6) is 0.704. The number of hydrogen-bond donors (Lipinski definition) is 2. The molecule has 0 unspecified atom stereocenters. The van der Waals surface area contributed by atoms with E-state index in [1.807, 2.05) is 20.8 Å². The Balaban J connectivity index is 0.000000371. The first-order valence-electron chi connectivity index (χ1n) is 3.46. The largest absolute Gasteiger partial charge is 0.340 e. The Morgan fingerprint density at radius 1 is 1.50 bits per heavy atom. The van der Waals surface area contributed by atoms with Crippen LogP contribution in [0.1, 0.15) is 26.6 Å². The molecule has 0 spiro atoms. The third-order valence-corrected chi connectivity index (χ3v) is 0.885. The van der Waals surface area contributed by atoms with Gasteiger partial charge in [0.1, 0.15) is 5.82 Å². The molecular weight excluding hydrogens is 130 g/mol. The maximum atomic E-state index is 10.3. The van der Waals surface area contributed by atoms with Gasteiger partial charge in [0.15, 0.2) is 0 Å². The van der Waals surface area contributed by atoms with Crippen LogP contribution >= 0.6 is 0 Å². The molecule has 1 aromatic heterocycles. The van der Waals surface area contributed by atoms with Crippen LogP contribution < -0.4 is 5.69 Å². The smallest absolute Gasteiger partial charge is 0.293 e. The lowest BCUT2D eigenvalue weighted by molar-refractivity contribution is 0.945. The molecule has 1 rings (SSSR count). The average Bonchev–Trinajstić information content (AvgIpc) is 2.40. The molecule has 2 N–H and O–H groups in total. The maximum Gasteiger partial charge on any atom is 0.340 e. The Morgan fingerprint density at radius 2 is 2.10 bits per heavy atom. The highest BCUT2D eigenvalue weighted by Crippen LogP contribution is 1.78. The van der Waals surface area contributed by atoms with Crippen molar-refractivity contribution in [2.75, 3.05) is 0 Å². The molecule has 58 valence electrons.